The molecule has 0 bridgehead atoms. The molecule has 0 aromatic heterocycles. The number of rotatable bonds is 6. The van der Waals surface area contributed by atoms with Crippen LogP contribution in [-0.2, 0) is 25.3 Å². The highest BCUT2D eigenvalue weighted by molar-refractivity contribution is 6.03. The van der Waals surface area contributed by atoms with E-state index in [9.17, 15) is 32.3 Å². The SMILES string of the molecule is CCOC(=O)C1CCN(C(=O)[C@H](C)N2CC3=C(C2=O)[C@H](c2ccccc2C(F)(F)F)NC(=O)N3CC)CC1. The average molecular weight is 537 g/mol. The van der Waals surface area contributed by atoms with Crippen LogP contribution in [0.4, 0.5) is 18.0 Å². The molecule has 206 valence electrons. The summed E-state index contributed by atoms with van der Waals surface area (Å²) in [5, 5.41) is 2.57. The number of esters is 1. The fourth-order valence-electron chi connectivity index (χ4n) is 5.39. The third-order valence-corrected chi connectivity index (χ3v) is 7.39. The van der Waals surface area contributed by atoms with Gasteiger partial charge in [-0.3, -0.25) is 19.3 Å². The van der Waals surface area contributed by atoms with Gasteiger partial charge in [-0.05, 0) is 45.2 Å². The minimum absolute atomic E-state index is 0.0313. The molecular weight excluding hydrogens is 505 g/mol. The Bertz CT molecular complexity index is 1160. The number of nitrogens with zero attached hydrogens (tertiary/aromatic N) is 3. The summed E-state index contributed by atoms with van der Waals surface area (Å²) in [5.41, 5.74) is -0.846. The van der Waals surface area contributed by atoms with Crippen molar-refractivity contribution in [1.82, 2.24) is 20.0 Å². The number of amides is 4. The molecule has 1 aromatic rings. The minimum Gasteiger partial charge on any atom is -0.466 e. The number of hydrogen-bond donors (Lipinski definition) is 1. The number of benzene rings is 1. The molecule has 1 saturated heterocycles. The first-order chi connectivity index (χ1) is 18.0. The molecule has 0 radical (unpaired) electrons. The fraction of sp³-hybridized carbons (Fsp3) is 0.538. The monoisotopic (exact) mass is 536 g/mol. The van der Waals surface area contributed by atoms with Crippen LogP contribution >= 0.6 is 0 Å². The van der Waals surface area contributed by atoms with E-state index in [1.54, 1.807) is 25.7 Å². The maximum atomic E-state index is 13.8. The van der Waals surface area contributed by atoms with Gasteiger partial charge in [-0.25, -0.2) is 4.79 Å². The lowest BCUT2D eigenvalue weighted by Crippen LogP contribution is -2.51. The molecule has 38 heavy (non-hydrogen) atoms. The average Bonchev–Trinajstić information content (AvgIpc) is 3.24. The van der Waals surface area contributed by atoms with Crippen molar-refractivity contribution in [2.24, 2.45) is 5.92 Å². The van der Waals surface area contributed by atoms with Gasteiger partial charge in [0, 0.05) is 19.6 Å². The molecule has 3 heterocycles. The first-order valence-electron chi connectivity index (χ1n) is 12.7. The molecule has 4 amide bonds. The van der Waals surface area contributed by atoms with E-state index in [2.05, 4.69) is 5.32 Å². The lowest BCUT2D eigenvalue weighted by Gasteiger charge is -2.35. The largest absolute Gasteiger partial charge is 0.466 e. The molecular formula is C26H31F3N4O5. The lowest BCUT2D eigenvalue weighted by atomic mass is 9.91. The fourth-order valence-corrected chi connectivity index (χ4v) is 5.39. The first kappa shape index (κ1) is 27.5. The number of urea groups is 1. The van der Waals surface area contributed by atoms with E-state index < -0.39 is 35.8 Å². The van der Waals surface area contributed by atoms with Gasteiger partial charge in [-0.1, -0.05) is 18.2 Å². The maximum Gasteiger partial charge on any atom is 0.416 e. The van der Waals surface area contributed by atoms with E-state index in [0.29, 0.717) is 31.6 Å². The molecule has 1 fully saturated rings. The Labute approximate surface area is 218 Å². The van der Waals surface area contributed by atoms with Crippen LogP contribution < -0.4 is 5.32 Å². The van der Waals surface area contributed by atoms with Gasteiger partial charge in [0.1, 0.15) is 6.04 Å². The van der Waals surface area contributed by atoms with Gasteiger partial charge in [-0.2, -0.15) is 13.2 Å². The van der Waals surface area contributed by atoms with Crippen LogP contribution in [0.1, 0.15) is 50.8 Å². The van der Waals surface area contributed by atoms with Crippen LogP contribution in [0.5, 0.6) is 0 Å². The summed E-state index contributed by atoms with van der Waals surface area (Å²) < 4.78 is 46.5. The van der Waals surface area contributed by atoms with Crippen molar-refractivity contribution in [3.8, 4) is 0 Å². The normalized spacial score (nSPS) is 21.4. The number of halogens is 3. The zero-order valence-electron chi connectivity index (χ0n) is 21.5. The third kappa shape index (κ3) is 4.95. The summed E-state index contributed by atoms with van der Waals surface area (Å²) in [5.74, 6) is -1.50. The third-order valence-electron chi connectivity index (χ3n) is 7.39. The predicted molar refractivity (Wildman–Crippen MR) is 129 cm³/mol. The highest BCUT2D eigenvalue weighted by Gasteiger charge is 2.48. The summed E-state index contributed by atoms with van der Waals surface area (Å²) in [6, 6.07) is 2.00. The van der Waals surface area contributed by atoms with Gasteiger partial charge < -0.3 is 19.9 Å². The Morgan fingerprint density at radius 3 is 2.39 bits per heavy atom. The Hall–Kier alpha value is -3.57. The number of piperidine rings is 1. The Morgan fingerprint density at radius 1 is 1.13 bits per heavy atom. The van der Waals surface area contributed by atoms with Gasteiger partial charge in [0.25, 0.3) is 5.91 Å². The van der Waals surface area contributed by atoms with E-state index in [1.165, 1.54) is 28.0 Å². The zero-order valence-corrected chi connectivity index (χ0v) is 21.5. The first-order valence-corrected chi connectivity index (χ1v) is 12.7. The van der Waals surface area contributed by atoms with Crippen LogP contribution in [0.15, 0.2) is 35.5 Å². The predicted octanol–water partition coefficient (Wildman–Crippen LogP) is 3.08. The summed E-state index contributed by atoms with van der Waals surface area (Å²) in [6.07, 6.45) is -3.80. The molecule has 12 heteroatoms. The van der Waals surface area contributed by atoms with E-state index in [4.69, 9.17) is 4.74 Å². The van der Waals surface area contributed by atoms with Crippen LogP contribution in [-0.4, -0.2) is 77.3 Å². The number of carbonyl (C=O) groups is 4. The van der Waals surface area contributed by atoms with Crippen molar-refractivity contribution in [3.63, 3.8) is 0 Å². The number of hydrogen-bond acceptors (Lipinski definition) is 5. The van der Waals surface area contributed by atoms with E-state index in [1.807, 2.05) is 0 Å². The minimum atomic E-state index is -4.69. The molecule has 3 aliphatic heterocycles. The molecule has 0 saturated carbocycles. The molecule has 0 spiro atoms. The Morgan fingerprint density at radius 2 is 1.79 bits per heavy atom. The van der Waals surface area contributed by atoms with Gasteiger partial charge in [-0.15, -0.1) is 0 Å². The van der Waals surface area contributed by atoms with Crippen molar-refractivity contribution in [2.45, 2.75) is 51.9 Å². The summed E-state index contributed by atoms with van der Waals surface area (Å²) in [4.78, 5) is 56.1. The number of ether oxygens (including phenoxy) is 1. The summed E-state index contributed by atoms with van der Waals surface area (Å²) in [6.45, 7) is 6.05. The zero-order chi connectivity index (χ0) is 27.8. The van der Waals surface area contributed by atoms with Gasteiger partial charge >= 0.3 is 18.2 Å². The van der Waals surface area contributed by atoms with Crippen LogP contribution in [0.3, 0.4) is 0 Å². The van der Waals surface area contributed by atoms with E-state index in [0.717, 1.165) is 6.07 Å². The Balaban J connectivity index is 1.58. The van der Waals surface area contributed by atoms with E-state index in [-0.39, 0.29) is 48.6 Å². The second-order valence-corrected chi connectivity index (χ2v) is 9.53. The molecule has 9 nitrogen and oxygen atoms in total. The second kappa shape index (κ2) is 10.7. The van der Waals surface area contributed by atoms with Gasteiger partial charge in [0.2, 0.25) is 5.91 Å². The summed E-state index contributed by atoms with van der Waals surface area (Å²) >= 11 is 0. The topological polar surface area (TPSA) is 99.3 Å². The van der Waals surface area contributed by atoms with Crippen LogP contribution in [0.25, 0.3) is 0 Å². The van der Waals surface area contributed by atoms with Crippen molar-refractivity contribution in [1.29, 1.82) is 0 Å². The maximum absolute atomic E-state index is 13.8. The molecule has 4 rings (SSSR count). The molecule has 1 aromatic carbocycles. The second-order valence-electron chi connectivity index (χ2n) is 9.53. The van der Waals surface area contributed by atoms with Crippen molar-refractivity contribution in [3.05, 3.63) is 46.7 Å². The smallest absolute Gasteiger partial charge is 0.416 e. The number of alkyl halides is 3. The molecule has 0 unspecified atom stereocenters. The lowest BCUT2D eigenvalue weighted by molar-refractivity contribution is -0.152. The molecule has 1 N–H and O–H groups in total. The highest BCUT2D eigenvalue weighted by atomic mass is 19.4. The number of likely N-dealkylation sites (tertiary alicyclic amines) is 1. The van der Waals surface area contributed by atoms with Crippen molar-refractivity contribution < 1.29 is 37.1 Å². The quantitative estimate of drug-likeness (QED) is 0.564. The summed E-state index contributed by atoms with van der Waals surface area (Å²) in [7, 11) is 0. The molecule has 2 atom stereocenters. The highest BCUT2D eigenvalue weighted by Crippen LogP contribution is 2.42. The van der Waals surface area contributed by atoms with Gasteiger partial charge in [0.05, 0.1) is 41.9 Å². The molecule has 3 aliphatic rings. The standard InChI is InChI=1S/C26H31F3N4O5/c1-4-32-19-14-33(15(3)22(34)31-12-10-16(11-13-31)24(36)38-5-2)23(35)20(19)21(30-25(32)37)17-8-6-7-9-18(17)26(27,28)29/h6-9,15-16,21H,4-5,10-14H2,1-3H3,(H,30,37)/t15-,21-/m0/s1. The van der Waals surface area contributed by atoms with Crippen molar-refractivity contribution >= 4 is 23.8 Å². The molecule has 0 aliphatic carbocycles. The van der Waals surface area contributed by atoms with E-state index >= 15 is 0 Å². The number of carbonyl (C=O) groups excluding carboxylic acids is 4. The van der Waals surface area contributed by atoms with Crippen molar-refractivity contribution in [2.75, 3.05) is 32.8 Å². The van der Waals surface area contributed by atoms with Crippen LogP contribution in [0.2, 0.25) is 0 Å². The Kier molecular flexibility index (Phi) is 7.70. The number of nitrogens with one attached hydrogen (secondary N) is 1. The van der Waals surface area contributed by atoms with Gasteiger partial charge in [0.15, 0.2) is 0 Å². The van der Waals surface area contributed by atoms with Crippen LogP contribution in [0, 0.1) is 5.92 Å². The number of likely N-dealkylation sites (N-methyl/N-ethyl adjacent to an activating group) is 1.